The number of anilines is 1. The van der Waals surface area contributed by atoms with E-state index in [1.165, 1.54) is 17.7 Å². The molecule has 0 aliphatic rings. The van der Waals surface area contributed by atoms with Crippen molar-refractivity contribution in [1.82, 2.24) is 0 Å². The average molecular weight is 382 g/mol. The van der Waals surface area contributed by atoms with Gasteiger partial charge in [0.2, 0.25) is 0 Å². The average Bonchev–Trinajstić information content (AvgIpc) is 2.59. The number of carbonyl (C=O) groups is 1. The summed E-state index contributed by atoms with van der Waals surface area (Å²) in [5.74, 6) is 1.20. The number of ketones is 1. The Morgan fingerprint density at radius 2 is 1.83 bits per heavy atom. The van der Waals surface area contributed by atoms with Gasteiger partial charge in [0.25, 0.3) is 0 Å². The molecule has 0 aliphatic heterocycles. The van der Waals surface area contributed by atoms with E-state index in [0.29, 0.717) is 28.6 Å². The molecule has 5 heteroatoms. The first-order valence-electron chi connectivity index (χ1n) is 8.05. The Labute approximate surface area is 157 Å². The minimum absolute atomic E-state index is 0.0489. The lowest BCUT2D eigenvalue weighted by molar-refractivity contribution is 0.0986. The van der Waals surface area contributed by atoms with Crippen LogP contribution >= 0.6 is 35.0 Å². The quantitative estimate of drug-likeness (QED) is 0.302. The molecule has 0 saturated carbocycles. The van der Waals surface area contributed by atoms with Crippen LogP contribution in [0.15, 0.2) is 47.4 Å². The van der Waals surface area contributed by atoms with E-state index in [4.69, 9.17) is 23.2 Å². The van der Waals surface area contributed by atoms with Crippen molar-refractivity contribution in [3.63, 3.8) is 0 Å². The summed E-state index contributed by atoms with van der Waals surface area (Å²) in [4.78, 5) is 13.4. The van der Waals surface area contributed by atoms with Crippen molar-refractivity contribution in [2.24, 2.45) is 0 Å². The molecule has 0 spiro atoms. The van der Waals surface area contributed by atoms with Crippen LogP contribution in [0.4, 0.5) is 5.69 Å². The van der Waals surface area contributed by atoms with Gasteiger partial charge in [-0.1, -0.05) is 36.5 Å². The van der Waals surface area contributed by atoms with Gasteiger partial charge >= 0.3 is 0 Å². The van der Waals surface area contributed by atoms with E-state index < -0.39 is 0 Å². The number of rotatable bonds is 9. The second kappa shape index (κ2) is 9.97. The van der Waals surface area contributed by atoms with Crippen LogP contribution in [0.5, 0.6) is 0 Å². The zero-order chi connectivity index (χ0) is 17.4. The van der Waals surface area contributed by atoms with Crippen LogP contribution in [0.1, 0.15) is 36.5 Å². The number of nitrogens with one attached hydrogen (secondary N) is 1. The van der Waals surface area contributed by atoms with Gasteiger partial charge in [0.05, 0.1) is 10.0 Å². The third-order valence-electron chi connectivity index (χ3n) is 3.54. The number of unbranched alkanes of at least 4 members (excludes halogenated alkanes) is 1. The minimum atomic E-state index is 0.0489. The molecule has 0 unspecified atom stereocenters. The van der Waals surface area contributed by atoms with Crippen LogP contribution in [0, 0.1) is 0 Å². The number of Topliss-reactive ketones (excluding diaryl/α,β-unsaturated/α-hetero) is 1. The van der Waals surface area contributed by atoms with E-state index >= 15 is 0 Å². The van der Waals surface area contributed by atoms with Gasteiger partial charge in [-0.2, -0.15) is 0 Å². The molecule has 128 valence electrons. The summed E-state index contributed by atoms with van der Waals surface area (Å²) in [7, 11) is 0. The molecule has 0 radical (unpaired) electrons. The molecule has 0 fully saturated rings. The van der Waals surface area contributed by atoms with E-state index in [9.17, 15) is 4.79 Å². The van der Waals surface area contributed by atoms with Gasteiger partial charge in [-0.05, 0) is 54.6 Å². The Balaban J connectivity index is 1.78. The van der Waals surface area contributed by atoms with Crippen molar-refractivity contribution in [3.05, 3.63) is 58.1 Å². The zero-order valence-corrected chi connectivity index (χ0v) is 16.0. The van der Waals surface area contributed by atoms with Crippen LogP contribution < -0.4 is 5.32 Å². The van der Waals surface area contributed by atoms with Crippen molar-refractivity contribution in [3.8, 4) is 0 Å². The topological polar surface area (TPSA) is 29.1 Å². The van der Waals surface area contributed by atoms with Gasteiger partial charge in [-0.25, -0.2) is 0 Å². The highest BCUT2D eigenvalue weighted by Gasteiger charge is 2.08. The maximum atomic E-state index is 12.2. The first-order chi connectivity index (χ1) is 11.6. The van der Waals surface area contributed by atoms with Gasteiger partial charge in [-0.15, -0.1) is 11.8 Å². The molecule has 1 N–H and O–H groups in total. The Hall–Kier alpha value is -1.16. The summed E-state index contributed by atoms with van der Waals surface area (Å²) in [6.07, 6.45) is 2.87. The molecule has 0 heterocycles. The Bertz CT molecular complexity index is 674. The largest absolute Gasteiger partial charge is 0.385 e. The van der Waals surface area contributed by atoms with Crippen molar-refractivity contribution in [1.29, 1.82) is 0 Å². The van der Waals surface area contributed by atoms with Crippen molar-refractivity contribution in [2.75, 3.05) is 17.6 Å². The number of carbonyl (C=O) groups excluding carboxylic acids is 1. The van der Waals surface area contributed by atoms with E-state index in [2.05, 4.69) is 36.5 Å². The number of hydrogen-bond donors (Lipinski definition) is 1. The molecular weight excluding hydrogens is 361 g/mol. The van der Waals surface area contributed by atoms with Crippen molar-refractivity contribution < 1.29 is 4.79 Å². The molecule has 0 saturated heterocycles. The van der Waals surface area contributed by atoms with Gasteiger partial charge in [-0.3, -0.25) is 4.79 Å². The fourth-order valence-corrected chi connectivity index (χ4v) is 3.43. The molecule has 0 aromatic heterocycles. The number of thioether (sulfide) groups is 1. The maximum absolute atomic E-state index is 12.2. The predicted molar refractivity (Wildman–Crippen MR) is 106 cm³/mol. The van der Waals surface area contributed by atoms with Crippen LogP contribution in [0.3, 0.4) is 0 Å². The molecule has 0 amide bonds. The highest BCUT2D eigenvalue weighted by atomic mass is 35.5. The third kappa shape index (κ3) is 6.04. The first kappa shape index (κ1) is 19.2. The lowest BCUT2D eigenvalue weighted by Gasteiger charge is -2.08. The Morgan fingerprint density at radius 1 is 1.08 bits per heavy atom. The highest BCUT2D eigenvalue weighted by Crippen LogP contribution is 2.23. The summed E-state index contributed by atoms with van der Waals surface area (Å²) in [6, 6.07) is 13.3. The second-order valence-electron chi connectivity index (χ2n) is 5.46. The maximum Gasteiger partial charge on any atom is 0.164 e. The molecule has 24 heavy (non-hydrogen) atoms. The first-order valence-corrected chi connectivity index (χ1v) is 9.79. The van der Waals surface area contributed by atoms with Crippen LogP contribution in [-0.4, -0.2) is 18.1 Å². The van der Waals surface area contributed by atoms with Crippen LogP contribution in [0.25, 0.3) is 0 Å². The third-order valence-corrected chi connectivity index (χ3v) is 5.38. The van der Waals surface area contributed by atoms with E-state index in [1.54, 1.807) is 18.2 Å². The molecule has 0 atom stereocenters. The highest BCUT2D eigenvalue weighted by molar-refractivity contribution is 7.99. The second-order valence-corrected chi connectivity index (χ2v) is 7.44. The molecule has 2 aromatic carbocycles. The molecular formula is C19H21Cl2NOS. The monoisotopic (exact) mass is 381 g/mol. The van der Waals surface area contributed by atoms with Crippen LogP contribution in [-0.2, 0) is 0 Å². The van der Waals surface area contributed by atoms with E-state index in [0.717, 1.165) is 11.4 Å². The summed E-state index contributed by atoms with van der Waals surface area (Å²) < 4.78 is 0. The lowest BCUT2D eigenvalue weighted by atomic mass is 10.1. The predicted octanol–water partition coefficient (Wildman–Crippen LogP) is 6.57. The molecule has 2 nitrogen and oxygen atoms in total. The fraction of sp³-hybridized carbons (Fsp3) is 0.316. The van der Waals surface area contributed by atoms with Crippen molar-refractivity contribution >= 4 is 46.4 Å². The van der Waals surface area contributed by atoms with Crippen LogP contribution in [0.2, 0.25) is 10.0 Å². The Morgan fingerprint density at radius 3 is 2.50 bits per heavy atom. The molecule has 0 bridgehead atoms. The SMILES string of the molecule is CCCCSc1ccc(NCCC(=O)c2ccc(Cl)c(Cl)c2)cc1. The van der Waals surface area contributed by atoms with E-state index in [-0.39, 0.29) is 5.78 Å². The smallest absolute Gasteiger partial charge is 0.164 e. The fourth-order valence-electron chi connectivity index (χ4n) is 2.14. The lowest BCUT2D eigenvalue weighted by Crippen LogP contribution is -2.08. The van der Waals surface area contributed by atoms with Gasteiger partial charge < -0.3 is 5.32 Å². The van der Waals surface area contributed by atoms with Gasteiger partial charge in [0.1, 0.15) is 0 Å². The molecule has 2 aromatic rings. The zero-order valence-electron chi connectivity index (χ0n) is 13.6. The standard InChI is InChI=1S/C19H21Cl2NOS/c1-2-3-12-24-16-7-5-15(6-8-16)22-11-10-19(23)14-4-9-17(20)18(21)13-14/h4-9,13,22H,2-3,10-12H2,1H3. The normalized spacial score (nSPS) is 10.6. The van der Waals surface area contributed by atoms with Crippen molar-refractivity contribution in [2.45, 2.75) is 31.1 Å². The number of benzene rings is 2. The molecule has 2 rings (SSSR count). The Kier molecular flexibility index (Phi) is 7.97. The summed E-state index contributed by atoms with van der Waals surface area (Å²) >= 11 is 13.7. The van der Waals surface area contributed by atoms with Gasteiger partial charge in [0, 0.05) is 29.1 Å². The summed E-state index contributed by atoms with van der Waals surface area (Å²) in [6.45, 7) is 2.79. The minimum Gasteiger partial charge on any atom is -0.385 e. The molecule has 0 aliphatic carbocycles. The van der Waals surface area contributed by atoms with E-state index in [1.807, 2.05) is 11.8 Å². The van der Waals surface area contributed by atoms with Gasteiger partial charge in [0.15, 0.2) is 5.78 Å². The summed E-state index contributed by atoms with van der Waals surface area (Å²) in [5, 5.41) is 4.15. The number of halogens is 2. The summed E-state index contributed by atoms with van der Waals surface area (Å²) in [5.41, 5.74) is 1.62. The number of hydrogen-bond acceptors (Lipinski definition) is 3.